The van der Waals surface area contributed by atoms with Crippen LogP contribution in [0.3, 0.4) is 0 Å². The second-order valence-electron chi connectivity index (χ2n) is 4.66. The van der Waals surface area contributed by atoms with Crippen molar-refractivity contribution in [1.82, 2.24) is 10.0 Å². The lowest BCUT2D eigenvalue weighted by atomic mass is 9.76. The fourth-order valence-electron chi connectivity index (χ4n) is 2.02. The molecule has 0 unspecified atom stereocenters. The van der Waals surface area contributed by atoms with E-state index in [1.54, 1.807) is 0 Å². The number of rotatable bonds is 8. The lowest BCUT2D eigenvalue weighted by Crippen LogP contribution is -2.54. The first-order valence-corrected chi connectivity index (χ1v) is 7.91. The zero-order valence-electron chi connectivity index (χ0n) is 10.4. The Hall–Kier alpha value is -0.130. The van der Waals surface area contributed by atoms with Crippen LogP contribution in [-0.4, -0.2) is 32.8 Å². The summed E-state index contributed by atoms with van der Waals surface area (Å²) in [5, 5.41) is 3.11. The second kappa shape index (κ2) is 5.98. The standard InChI is InChI=1S/C11H24N2O2S/c1-3-8-12-9-10-16(14,15)13-11(4-2)6-5-7-11/h12-13H,3-10H2,1-2H3. The molecule has 0 aliphatic heterocycles. The van der Waals surface area contributed by atoms with Crippen molar-refractivity contribution < 1.29 is 8.42 Å². The van der Waals surface area contributed by atoms with Gasteiger partial charge in [-0.2, -0.15) is 0 Å². The average Bonchev–Trinajstić information content (AvgIpc) is 2.19. The molecule has 0 bridgehead atoms. The molecule has 0 spiro atoms. The molecule has 2 N–H and O–H groups in total. The Morgan fingerprint density at radius 2 is 1.88 bits per heavy atom. The Balaban J connectivity index is 2.33. The van der Waals surface area contributed by atoms with Gasteiger partial charge in [0.25, 0.3) is 0 Å². The molecular weight excluding hydrogens is 224 g/mol. The van der Waals surface area contributed by atoms with Gasteiger partial charge in [0.2, 0.25) is 10.0 Å². The summed E-state index contributed by atoms with van der Waals surface area (Å²) in [5.74, 6) is 0.189. The Bertz CT molecular complexity index is 292. The van der Waals surface area contributed by atoms with Crippen LogP contribution in [-0.2, 0) is 10.0 Å². The van der Waals surface area contributed by atoms with Gasteiger partial charge in [-0.3, -0.25) is 0 Å². The van der Waals surface area contributed by atoms with Gasteiger partial charge in [-0.05, 0) is 38.6 Å². The molecule has 5 heteroatoms. The van der Waals surface area contributed by atoms with Crippen LogP contribution in [0.5, 0.6) is 0 Å². The predicted octanol–water partition coefficient (Wildman–Crippen LogP) is 1.24. The zero-order valence-corrected chi connectivity index (χ0v) is 11.2. The van der Waals surface area contributed by atoms with Crippen molar-refractivity contribution in [3.63, 3.8) is 0 Å². The van der Waals surface area contributed by atoms with Crippen LogP contribution in [0.15, 0.2) is 0 Å². The minimum absolute atomic E-state index is 0.121. The van der Waals surface area contributed by atoms with E-state index in [4.69, 9.17) is 0 Å². The van der Waals surface area contributed by atoms with Crippen molar-refractivity contribution in [2.45, 2.75) is 51.5 Å². The van der Waals surface area contributed by atoms with Crippen LogP contribution in [0.1, 0.15) is 46.0 Å². The molecule has 1 fully saturated rings. The van der Waals surface area contributed by atoms with Crippen LogP contribution < -0.4 is 10.0 Å². The molecule has 1 aliphatic rings. The molecule has 1 saturated carbocycles. The van der Waals surface area contributed by atoms with E-state index in [1.807, 2.05) is 0 Å². The summed E-state index contributed by atoms with van der Waals surface area (Å²) in [5.41, 5.74) is -0.121. The first kappa shape index (κ1) is 13.9. The van der Waals surface area contributed by atoms with Crippen molar-refractivity contribution in [3.8, 4) is 0 Å². The van der Waals surface area contributed by atoms with E-state index in [0.717, 1.165) is 38.6 Å². The number of hydrogen-bond acceptors (Lipinski definition) is 3. The Kier molecular flexibility index (Phi) is 5.21. The van der Waals surface area contributed by atoms with E-state index < -0.39 is 10.0 Å². The van der Waals surface area contributed by atoms with E-state index in [9.17, 15) is 8.42 Å². The monoisotopic (exact) mass is 248 g/mol. The summed E-state index contributed by atoms with van der Waals surface area (Å²) >= 11 is 0. The van der Waals surface area contributed by atoms with Gasteiger partial charge in [0, 0.05) is 12.1 Å². The minimum atomic E-state index is -3.11. The Labute approximate surface area is 99.2 Å². The maximum atomic E-state index is 11.8. The lowest BCUT2D eigenvalue weighted by Gasteiger charge is -2.41. The largest absolute Gasteiger partial charge is 0.316 e. The van der Waals surface area contributed by atoms with Gasteiger partial charge in [0.05, 0.1) is 5.75 Å². The lowest BCUT2D eigenvalue weighted by molar-refractivity contribution is 0.214. The molecule has 0 aromatic rings. The average molecular weight is 248 g/mol. The van der Waals surface area contributed by atoms with E-state index >= 15 is 0 Å². The molecule has 0 heterocycles. The maximum Gasteiger partial charge on any atom is 0.213 e. The molecular formula is C11H24N2O2S. The number of sulfonamides is 1. The molecule has 0 radical (unpaired) electrons. The van der Waals surface area contributed by atoms with Crippen LogP contribution in [0.2, 0.25) is 0 Å². The highest BCUT2D eigenvalue weighted by molar-refractivity contribution is 7.89. The maximum absolute atomic E-state index is 11.8. The summed E-state index contributed by atoms with van der Waals surface area (Å²) in [7, 11) is -3.11. The molecule has 0 aromatic heterocycles. The zero-order chi connectivity index (χ0) is 12.1. The summed E-state index contributed by atoms with van der Waals surface area (Å²) in [6.07, 6.45) is 5.06. The van der Waals surface area contributed by atoms with Crippen LogP contribution in [0, 0.1) is 0 Å². The van der Waals surface area contributed by atoms with Crippen molar-refractivity contribution in [2.24, 2.45) is 0 Å². The van der Waals surface area contributed by atoms with Crippen molar-refractivity contribution in [3.05, 3.63) is 0 Å². The molecule has 0 aromatic carbocycles. The normalized spacial score (nSPS) is 19.4. The molecule has 0 amide bonds. The Morgan fingerprint density at radius 1 is 1.19 bits per heavy atom. The summed E-state index contributed by atoms with van der Waals surface area (Å²) in [4.78, 5) is 0. The van der Waals surface area contributed by atoms with Gasteiger partial charge in [-0.15, -0.1) is 0 Å². The summed E-state index contributed by atoms with van der Waals surface area (Å²) in [6.45, 7) is 5.55. The first-order chi connectivity index (χ1) is 7.54. The highest BCUT2D eigenvalue weighted by Crippen LogP contribution is 2.35. The SMILES string of the molecule is CCCNCCS(=O)(=O)NC1(CC)CCC1. The molecule has 1 rings (SSSR count). The molecule has 4 nitrogen and oxygen atoms in total. The molecule has 96 valence electrons. The summed E-state index contributed by atoms with van der Waals surface area (Å²) in [6, 6.07) is 0. The summed E-state index contributed by atoms with van der Waals surface area (Å²) < 4.78 is 26.5. The van der Waals surface area contributed by atoms with Crippen LogP contribution in [0.4, 0.5) is 0 Å². The van der Waals surface area contributed by atoms with Gasteiger partial charge in [-0.1, -0.05) is 13.8 Å². The molecule has 1 aliphatic carbocycles. The first-order valence-electron chi connectivity index (χ1n) is 6.26. The van der Waals surface area contributed by atoms with E-state index in [-0.39, 0.29) is 11.3 Å². The second-order valence-corrected chi connectivity index (χ2v) is 6.50. The van der Waals surface area contributed by atoms with E-state index in [2.05, 4.69) is 23.9 Å². The third-order valence-electron chi connectivity index (χ3n) is 3.33. The highest BCUT2D eigenvalue weighted by Gasteiger charge is 2.38. The quantitative estimate of drug-likeness (QED) is 0.635. The van der Waals surface area contributed by atoms with Crippen molar-refractivity contribution in [1.29, 1.82) is 0 Å². The fraction of sp³-hybridized carbons (Fsp3) is 1.00. The van der Waals surface area contributed by atoms with Gasteiger partial charge in [-0.25, -0.2) is 13.1 Å². The van der Waals surface area contributed by atoms with E-state index in [1.165, 1.54) is 0 Å². The topological polar surface area (TPSA) is 58.2 Å². The minimum Gasteiger partial charge on any atom is -0.316 e. The van der Waals surface area contributed by atoms with Crippen LogP contribution >= 0.6 is 0 Å². The fourth-order valence-corrected chi connectivity index (χ4v) is 3.54. The van der Waals surface area contributed by atoms with Gasteiger partial charge >= 0.3 is 0 Å². The van der Waals surface area contributed by atoms with Gasteiger partial charge in [0.1, 0.15) is 0 Å². The van der Waals surface area contributed by atoms with Crippen molar-refractivity contribution in [2.75, 3.05) is 18.8 Å². The van der Waals surface area contributed by atoms with Gasteiger partial charge in [0.15, 0.2) is 0 Å². The van der Waals surface area contributed by atoms with Gasteiger partial charge < -0.3 is 5.32 Å². The molecule has 16 heavy (non-hydrogen) atoms. The smallest absolute Gasteiger partial charge is 0.213 e. The highest BCUT2D eigenvalue weighted by atomic mass is 32.2. The van der Waals surface area contributed by atoms with Crippen LogP contribution in [0.25, 0.3) is 0 Å². The van der Waals surface area contributed by atoms with E-state index in [0.29, 0.717) is 6.54 Å². The number of nitrogens with one attached hydrogen (secondary N) is 2. The third-order valence-corrected chi connectivity index (χ3v) is 4.82. The Morgan fingerprint density at radius 3 is 2.31 bits per heavy atom. The third kappa shape index (κ3) is 4.03. The van der Waals surface area contributed by atoms with Crippen molar-refractivity contribution >= 4 is 10.0 Å². The molecule has 0 saturated heterocycles. The number of hydrogen-bond donors (Lipinski definition) is 2. The molecule has 0 atom stereocenters. The predicted molar refractivity (Wildman–Crippen MR) is 67.0 cm³/mol.